The molecule has 3 amide bonds. The Morgan fingerprint density at radius 1 is 1.41 bits per heavy atom. The van der Waals surface area contributed by atoms with Crippen LogP contribution in [0.3, 0.4) is 0 Å². The van der Waals surface area contributed by atoms with Crippen LogP contribution < -0.4 is 11.1 Å². The van der Waals surface area contributed by atoms with Gasteiger partial charge >= 0.3 is 12.0 Å². The van der Waals surface area contributed by atoms with E-state index < -0.39 is 17.9 Å². The van der Waals surface area contributed by atoms with Crippen LogP contribution in [0.2, 0.25) is 0 Å². The summed E-state index contributed by atoms with van der Waals surface area (Å²) in [6, 6.07) is -0.847. The molecule has 1 atom stereocenters. The average Bonchev–Trinajstić information content (AvgIpc) is 2.60. The van der Waals surface area contributed by atoms with Crippen LogP contribution in [-0.2, 0) is 9.59 Å². The largest absolute Gasteiger partial charge is 0.481 e. The summed E-state index contributed by atoms with van der Waals surface area (Å²) in [5, 5.41) is 10.6. The number of carboxylic acid groups (broad SMARTS) is 1. The van der Waals surface area contributed by atoms with E-state index in [9.17, 15) is 14.4 Å². The highest BCUT2D eigenvalue weighted by Crippen LogP contribution is 2.19. The molecule has 1 rings (SSSR count). The second kappa shape index (κ2) is 6.19. The van der Waals surface area contributed by atoms with Gasteiger partial charge in [0.15, 0.2) is 0 Å². The first kappa shape index (κ1) is 13.4. The van der Waals surface area contributed by atoms with Crippen molar-refractivity contribution in [3.63, 3.8) is 0 Å². The number of hydrogen-bond acceptors (Lipinski definition) is 4. The van der Waals surface area contributed by atoms with Crippen LogP contribution in [0.25, 0.3) is 0 Å². The molecule has 0 bridgehead atoms. The van der Waals surface area contributed by atoms with Gasteiger partial charge in [-0.15, -0.1) is 0 Å². The topological polar surface area (TPSA) is 113 Å². The zero-order chi connectivity index (χ0) is 12.8. The number of carboxylic acids is 1. The Morgan fingerprint density at radius 2 is 2.12 bits per heavy atom. The van der Waals surface area contributed by atoms with Crippen molar-refractivity contribution >= 4 is 17.9 Å². The normalized spacial score (nSPS) is 20.1. The molecule has 0 radical (unpaired) electrons. The van der Waals surface area contributed by atoms with Crippen LogP contribution in [0.15, 0.2) is 0 Å². The third-order valence-corrected chi connectivity index (χ3v) is 2.75. The lowest BCUT2D eigenvalue weighted by Crippen LogP contribution is -2.37. The van der Waals surface area contributed by atoms with E-state index in [-0.39, 0.29) is 18.8 Å². The molecular weight excluding hydrogens is 226 g/mol. The minimum atomic E-state index is -0.847. The molecule has 4 N–H and O–H groups in total. The van der Waals surface area contributed by atoms with Gasteiger partial charge in [-0.2, -0.15) is 0 Å². The number of amides is 3. The van der Waals surface area contributed by atoms with Gasteiger partial charge in [-0.25, -0.2) is 4.79 Å². The minimum absolute atomic E-state index is 0.159. The Hall–Kier alpha value is -1.63. The van der Waals surface area contributed by atoms with E-state index in [4.69, 9.17) is 10.8 Å². The number of urea groups is 1. The Bertz CT molecular complexity index is 319. The number of hydrogen-bond donors (Lipinski definition) is 3. The quantitative estimate of drug-likeness (QED) is 0.595. The molecule has 1 aliphatic heterocycles. The molecule has 1 saturated heterocycles. The third-order valence-electron chi connectivity index (χ3n) is 2.75. The number of nitrogens with two attached hydrogens (primary N) is 1. The minimum Gasteiger partial charge on any atom is -0.481 e. The van der Waals surface area contributed by atoms with Gasteiger partial charge in [0.05, 0.1) is 0 Å². The van der Waals surface area contributed by atoms with E-state index >= 15 is 0 Å². The van der Waals surface area contributed by atoms with E-state index in [0.717, 1.165) is 13.0 Å². The number of aliphatic carboxylic acids is 1. The molecule has 0 saturated carbocycles. The van der Waals surface area contributed by atoms with Crippen LogP contribution >= 0.6 is 0 Å². The number of carbonyl (C=O) groups is 3. The van der Waals surface area contributed by atoms with Crippen molar-refractivity contribution in [2.45, 2.75) is 19.3 Å². The number of carbonyl (C=O) groups excluding carboxylic acids is 2. The zero-order valence-corrected chi connectivity index (χ0v) is 9.52. The Kier molecular flexibility index (Phi) is 4.89. The highest BCUT2D eigenvalue weighted by Gasteiger charge is 2.24. The van der Waals surface area contributed by atoms with Gasteiger partial charge in [0.25, 0.3) is 0 Å². The fourth-order valence-electron chi connectivity index (χ4n) is 1.99. The van der Waals surface area contributed by atoms with Crippen LogP contribution in [0, 0.1) is 5.92 Å². The molecule has 0 spiro atoms. The molecule has 0 aromatic carbocycles. The van der Waals surface area contributed by atoms with Crippen molar-refractivity contribution in [3.05, 3.63) is 0 Å². The van der Waals surface area contributed by atoms with Gasteiger partial charge < -0.3 is 15.7 Å². The maximum atomic E-state index is 11.1. The van der Waals surface area contributed by atoms with E-state index in [1.807, 2.05) is 10.2 Å². The summed E-state index contributed by atoms with van der Waals surface area (Å²) in [5.74, 6) is -1.03. The molecular formula is C10H17N3O4. The Morgan fingerprint density at radius 3 is 2.71 bits per heavy atom. The summed E-state index contributed by atoms with van der Waals surface area (Å²) in [6.45, 7) is 2.01. The maximum Gasteiger partial charge on any atom is 0.318 e. The molecule has 1 fully saturated rings. The number of likely N-dealkylation sites (tertiary alicyclic amines) is 1. The summed E-state index contributed by atoms with van der Waals surface area (Å²) in [5.41, 5.74) is 4.80. The lowest BCUT2D eigenvalue weighted by Gasteiger charge is -2.14. The number of rotatable bonds is 5. The van der Waals surface area contributed by atoms with Crippen molar-refractivity contribution in [1.82, 2.24) is 10.2 Å². The van der Waals surface area contributed by atoms with Gasteiger partial charge in [0.2, 0.25) is 5.91 Å². The van der Waals surface area contributed by atoms with Crippen molar-refractivity contribution < 1.29 is 19.5 Å². The predicted molar refractivity (Wildman–Crippen MR) is 59.1 cm³/mol. The fourth-order valence-corrected chi connectivity index (χ4v) is 1.99. The van der Waals surface area contributed by atoms with Crippen molar-refractivity contribution in [2.24, 2.45) is 11.7 Å². The standard InChI is InChI=1S/C10H17N3O4/c11-10(17)12-8(14)2-4-13-3-1-7(6-13)5-9(15)16/h7H,1-6H2,(H,15,16)(H3,11,12,14,17). The zero-order valence-electron chi connectivity index (χ0n) is 9.52. The van der Waals surface area contributed by atoms with Crippen molar-refractivity contribution in [3.8, 4) is 0 Å². The van der Waals surface area contributed by atoms with E-state index in [0.29, 0.717) is 13.1 Å². The first-order valence-electron chi connectivity index (χ1n) is 5.51. The number of imide groups is 1. The Balaban J connectivity index is 2.19. The van der Waals surface area contributed by atoms with Gasteiger partial charge in [0.1, 0.15) is 0 Å². The third kappa shape index (κ3) is 5.30. The molecule has 17 heavy (non-hydrogen) atoms. The molecule has 1 aliphatic rings. The van der Waals surface area contributed by atoms with E-state index in [2.05, 4.69) is 0 Å². The Labute approximate surface area is 98.9 Å². The van der Waals surface area contributed by atoms with Crippen molar-refractivity contribution in [2.75, 3.05) is 19.6 Å². The number of nitrogens with zero attached hydrogens (tertiary/aromatic N) is 1. The second-order valence-corrected chi connectivity index (χ2v) is 4.22. The second-order valence-electron chi connectivity index (χ2n) is 4.22. The molecule has 96 valence electrons. The first-order valence-corrected chi connectivity index (χ1v) is 5.51. The molecule has 7 heteroatoms. The summed E-state index contributed by atoms with van der Waals surface area (Å²) in [7, 11) is 0. The molecule has 1 unspecified atom stereocenters. The average molecular weight is 243 g/mol. The summed E-state index contributed by atoms with van der Waals surface area (Å²) < 4.78 is 0. The van der Waals surface area contributed by atoms with Gasteiger partial charge in [-0.05, 0) is 18.9 Å². The summed E-state index contributed by atoms with van der Waals surface area (Å²) in [4.78, 5) is 34.1. The molecule has 7 nitrogen and oxygen atoms in total. The SMILES string of the molecule is NC(=O)NC(=O)CCN1CCC(CC(=O)O)C1. The first-order chi connectivity index (χ1) is 7.97. The summed E-state index contributed by atoms with van der Waals surface area (Å²) >= 11 is 0. The molecule has 0 aromatic heterocycles. The summed E-state index contributed by atoms with van der Waals surface area (Å²) in [6.07, 6.45) is 1.20. The highest BCUT2D eigenvalue weighted by atomic mass is 16.4. The monoisotopic (exact) mass is 243 g/mol. The lowest BCUT2D eigenvalue weighted by molar-refractivity contribution is -0.138. The van der Waals surface area contributed by atoms with E-state index in [1.165, 1.54) is 0 Å². The van der Waals surface area contributed by atoms with Crippen LogP contribution in [0.1, 0.15) is 19.3 Å². The predicted octanol–water partition coefficient (Wildman–Crippen LogP) is -0.632. The number of nitrogens with one attached hydrogen (secondary N) is 1. The molecule has 1 heterocycles. The van der Waals surface area contributed by atoms with Crippen LogP contribution in [-0.4, -0.2) is 47.5 Å². The van der Waals surface area contributed by atoms with Crippen LogP contribution in [0.5, 0.6) is 0 Å². The van der Waals surface area contributed by atoms with Crippen LogP contribution in [0.4, 0.5) is 4.79 Å². The lowest BCUT2D eigenvalue weighted by atomic mass is 10.1. The van der Waals surface area contributed by atoms with Gasteiger partial charge in [-0.1, -0.05) is 0 Å². The van der Waals surface area contributed by atoms with Crippen molar-refractivity contribution in [1.29, 1.82) is 0 Å². The fraction of sp³-hybridized carbons (Fsp3) is 0.700. The molecule has 0 aromatic rings. The van der Waals surface area contributed by atoms with E-state index in [1.54, 1.807) is 0 Å². The maximum absolute atomic E-state index is 11.1. The molecule has 0 aliphatic carbocycles. The van der Waals surface area contributed by atoms with Gasteiger partial charge in [0, 0.05) is 25.9 Å². The smallest absolute Gasteiger partial charge is 0.318 e. The van der Waals surface area contributed by atoms with Gasteiger partial charge in [-0.3, -0.25) is 14.9 Å². The highest BCUT2D eigenvalue weighted by molar-refractivity contribution is 5.93. The number of primary amides is 1.